The van der Waals surface area contributed by atoms with Crippen LogP contribution in [0.25, 0.3) is 11.3 Å². The van der Waals surface area contributed by atoms with Crippen LogP contribution in [0.4, 0.5) is 0 Å². The molecular formula is C20H19NO5. The molecule has 2 heterocycles. The van der Waals surface area contributed by atoms with Crippen LogP contribution in [0, 0.1) is 0 Å². The number of fused-ring (bicyclic) bond motifs is 1. The van der Waals surface area contributed by atoms with E-state index in [1.165, 1.54) is 0 Å². The largest absolute Gasteiger partial charge is 0.497 e. The van der Waals surface area contributed by atoms with Gasteiger partial charge < -0.3 is 29.4 Å². The summed E-state index contributed by atoms with van der Waals surface area (Å²) in [5, 5.41) is 13.3. The van der Waals surface area contributed by atoms with Crippen LogP contribution >= 0.6 is 0 Å². The van der Waals surface area contributed by atoms with E-state index in [2.05, 4.69) is 5.32 Å². The molecule has 26 heavy (non-hydrogen) atoms. The molecule has 2 aromatic carbocycles. The molecule has 6 nitrogen and oxygen atoms in total. The zero-order valence-corrected chi connectivity index (χ0v) is 14.5. The maximum absolute atomic E-state index is 10.3. The number of benzene rings is 2. The lowest BCUT2D eigenvalue weighted by atomic mass is 9.98. The summed E-state index contributed by atoms with van der Waals surface area (Å²) in [7, 11) is 3.21. The van der Waals surface area contributed by atoms with Gasteiger partial charge in [-0.1, -0.05) is 6.07 Å². The van der Waals surface area contributed by atoms with Gasteiger partial charge in [-0.15, -0.1) is 0 Å². The summed E-state index contributed by atoms with van der Waals surface area (Å²) < 4.78 is 21.5. The number of hydrogen-bond donors (Lipinski definition) is 2. The van der Waals surface area contributed by atoms with Gasteiger partial charge in [0.25, 0.3) is 0 Å². The maximum atomic E-state index is 10.3. The Morgan fingerprint density at radius 3 is 2.69 bits per heavy atom. The summed E-state index contributed by atoms with van der Waals surface area (Å²) >= 11 is 0. The van der Waals surface area contributed by atoms with Gasteiger partial charge in [0, 0.05) is 17.3 Å². The van der Waals surface area contributed by atoms with E-state index >= 15 is 0 Å². The minimum atomic E-state index is -0.817. The molecule has 0 aliphatic carbocycles. The van der Waals surface area contributed by atoms with Crippen LogP contribution in [0.2, 0.25) is 0 Å². The van der Waals surface area contributed by atoms with Crippen molar-refractivity contribution in [3.63, 3.8) is 0 Å². The smallest absolute Gasteiger partial charge is 0.231 e. The number of hydrogen-bond acceptors (Lipinski definition) is 6. The molecule has 2 aliphatic heterocycles. The highest BCUT2D eigenvalue weighted by molar-refractivity contribution is 5.87. The average molecular weight is 353 g/mol. The van der Waals surface area contributed by atoms with Crippen LogP contribution < -0.4 is 24.3 Å². The molecule has 2 aliphatic rings. The molecule has 0 amide bonds. The van der Waals surface area contributed by atoms with E-state index in [1.54, 1.807) is 20.3 Å². The van der Waals surface area contributed by atoms with E-state index in [-0.39, 0.29) is 6.79 Å². The van der Waals surface area contributed by atoms with E-state index < -0.39 is 6.23 Å². The number of dihydropyridines is 1. The Morgan fingerprint density at radius 2 is 1.88 bits per heavy atom. The van der Waals surface area contributed by atoms with E-state index in [0.717, 1.165) is 28.1 Å². The Balaban J connectivity index is 1.73. The van der Waals surface area contributed by atoms with Gasteiger partial charge in [0.2, 0.25) is 6.79 Å². The summed E-state index contributed by atoms with van der Waals surface area (Å²) in [5.41, 5.74) is 3.40. The van der Waals surface area contributed by atoms with Crippen molar-refractivity contribution in [3.8, 4) is 23.0 Å². The molecule has 0 radical (unpaired) electrons. The minimum absolute atomic E-state index is 0.228. The van der Waals surface area contributed by atoms with Crippen molar-refractivity contribution in [3.05, 3.63) is 59.7 Å². The Morgan fingerprint density at radius 1 is 1.04 bits per heavy atom. The Labute approximate surface area is 151 Å². The van der Waals surface area contributed by atoms with Crippen molar-refractivity contribution in [1.29, 1.82) is 0 Å². The second-order valence-electron chi connectivity index (χ2n) is 5.90. The predicted molar refractivity (Wildman–Crippen MR) is 97.2 cm³/mol. The van der Waals surface area contributed by atoms with Crippen LogP contribution in [0.1, 0.15) is 11.1 Å². The number of rotatable bonds is 4. The number of methoxy groups -OCH3 is 2. The molecule has 0 saturated carbocycles. The Hall–Kier alpha value is -3.12. The number of allylic oxidation sites excluding steroid dienone is 2. The summed E-state index contributed by atoms with van der Waals surface area (Å²) in [6, 6.07) is 11.3. The summed E-state index contributed by atoms with van der Waals surface area (Å²) in [6.07, 6.45) is 2.90. The fourth-order valence-electron chi connectivity index (χ4n) is 3.05. The molecule has 6 heteroatoms. The molecule has 1 atom stereocenters. The molecule has 0 saturated heterocycles. The topological polar surface area (TPSA) is 69.2 Å². The van der Waals surface area contributed by atoms with Crippen LogP contribution in [0.5, 0.6) is 23.0 Å². The molecule has 0 aromatic heterocycles. The quantitative estimate of drug-likeness (QED) is 0.881. The van der Waals surface area contributed by atoms with Gasteiger partial charge in [0.1, 0.15) is 17.7 Å². The van der Waals surface area contributed by atoms with Gasteiger partial charge in [0.05, 0.1) is 14.2 Å². The van der Waals surface area contributed by atoms with E-state index in [9.17, 15) is 5.11 Å². The zero-order valence-electron chi connectivity index (χ0n) is 14.5. The molecule has 134 valence electrons. The van der Waals surface area contributed by atoms with E-state index in [1.807, 2.05) is 42.5 Å². The van der Waals surface area contributed by atoms with Crippen molar-refractivity contribution in [2.75, 3.05) is 21.0 Å². The third kappa shape index (κ3) is 2.95. The Bertz CT molecular complexity index is 903. The minimum Gasteiger partial charge on any atom is -0.497 e. The van der Waals surface area contributed by atoms with Crippen LogP contribution in [-0.2, 0) is 0 Å². The predicted octanol–water partition coefficient (Wildman–Crippen LogP) is 2.78. The van der Waals surface area contributed by atoms with Crippen molar-refractivity contribution in [2.45, 2.75) is 6.23 Å². The van der Waals surface area contributed by atoms with Crippen LogP contribution in [0.15, 0.2) is 48.6 Å². The van der Waals surface area contributed by atoms with Crippen molar-refractivity contribution in [1.82, 2.24) is 5.32 Å². The highest BCUT2D eigenvalue weighted by Gasteiger charge is 2.20. The Kier molecular flexibility index (Phi) is 4.18. The molecule has 0 bridgehead atoms. The number of nitrogens with one attached hydrogen (secondary N) is 1. The van der Waals surface area contributed by atoms with E-state index in [0.29, 0.717) is 17.2 Å². The summed E-state index contributed by atoms with van der Waals surface area (Å²) in [4.78, 5) is 0. The molecule has 4 rings (SSSR count). The third-order valence-electron chi connectivity index (χ3n) is 4.35. The lowest BCUT2D eigenvalue weighted by molar-refractivity contribution is 0.174. The monoisotopic (exact) mass is 353 g/mol. The second-order valence-corrected chi connectivity index (χ2v) is 5.90. The SMILES string of the molecule is COc1ccc(C2=CC(c3ccc4c(c3)OCO4)=CC(O)N2)c(OC)c1. The first-order valence-electron chi connectivity index (χ1n) is 8.18. The third-order valence-corrected chi connectivity index (χ3v) is 4.35. The van der Waals surface area contributed by atoms with Crippen molar-refractivity contribution >= 4 is 11.3 Å². The first-order chi connectivity index (χ1) is 12.7. The molecular weight excluding hydrogens is 334 g/mol. The highest BCUT2D eigenvalue weighted by atomic mass is 16.7. The van der Waals surface area contributed by atoms with Crippen molar-refractivity contribution < 1.29 is 24.1 Å². The molecule has 2 aromatic rings. The maximum Gasteiger partial charge on any atom is 0.231 e. The second kappa shape index (κ2) is 6.65. The molecule has 0 fully saturated rings. The highest BCUT2D eigenvalue weighted by Crippen LogP contribution is 2.37. The van der Waals surface area contributed by atoms with Crippen molar-refractivity contribution in [2.24, 2.45) is 0 Å². The van der Waals surface area contributed by atoms with Crippen LogP contribution in [-0.4, -0.2) is 32.3 Å². The first kappa shape index (κ1) is 16.4. The lowest BCUT2D eigenvalue weighted by Gasteiger charge is -2.23. The van der Waals surface area contributed by atoms with Gasteiger partial charge in [0.15, 0.2) is 11.5 Å². The summed E-state index contributed by atoms with van der Waals surface area (Å²) in [6.45, 7) is 0.228. The number of aliphatic hydroxyl groups excluding tert-OH is 1. The van der Waals surface area contributed by atoms with Gasteiger partial charge in [-0.2, -0.15) is 0 Å². The van der Waals surface area contributed by atoms with Gasteiger partial charge in [-0.05, 0) is 47.6 Å². The molecule has 0 spiro atoms. The molecule has 1 unspecified atom stereocenters. The fraction of sp³-hybridized carbons (Fsp3) is 0.200. The van der Waals surface area contributed by atoms with Gasteiger partial charge >= 0.3 is 0 Å². The van der Waals surface area contributed by atoms with Gasteiger partial charge in [-0.3, -0.25) is 0 Å². The zero-order chi connectivity index (χ0) is 18.1. The lowest BCUT2D eigenvalue weighted by Crippen LogP contribution is -2.28. The van der Waals surface area contributed by atoms with E-state index in [4.69, 9.17) is 18.9 Å². The summed E-state index contributed by atoms with van der Waals surface area (Å²) in [5.74, 6) is 2.79. The number of aliphatic hydroxyl groups is 1. The standard InChI is InChI=1S/C20H19NO5/c1-23-14-4-5-15(18(10-14)24-2)16-7-13(9-20(22)21-16)12-3-6-17-19(8-12)26-11-25-17/h3-10,20-22H,11H2,1-2H3. The number of ether oxygens (including phenoxy) is 4. The van der Waals surface area contributed by atoms with Gasteiger partial charge in [-0.25, -0.2) is 0 Å². The average Bonchev–Trinajstić information content (AvgIpc) is 3.14. The first-order valence-corrected chi connectivity index (χ1v) is 8.18. The normalized spacial score (nSPS) is 17.9. The molecule has 2 N–H and O–H groups in total. The van der Waals surface area contributed by atoms with Crippen LogP contribution in [0.3, 0.4) is 0 Å². The fourth-order valence-corrected chi connectivity index (χ4v) is 3.05.